The minimum Gasteiger partial charge on any atom is -0.493 e. The van der Waals surface area contributed by atoms with Crippen molar-refractivity contribution in [3.05, 3.63) is 35.9 Å². The van der Waals surface area contributed by atoms with E-state index in [9.17, 15) is 0 Å². The molecular formula is C14H16O3. The molecule has 0 fully saturated rings. The Morgan fingerprint density at radius 3 is 2.82 bits per heavy atom. The summed E-state index contributed by atoms with van der Waals surface area (Å²) >= 11 is 0. The fourth-order valence-corrected chi connectivity index (χ4v) is 1.55. The molecular weight excluding hydrogens is 216 g/mol. The van der Waals surface area contributed by atoms with Gasteiger partial charge in [-0.1, -0.05) is 12.0 Å². The maximum absolute atomic E-state index is 9.16. The normalized spacial score (nSPS) is 9.47. The van der Waals surface area contributed by atoms with Gasteiger partial charge in [0.2, 0.25) is 0 Å². The molecule has 1 aromatic rings. The van der Waals surface area contributed by atoms with Crippen molar-refractivity contribution >= 4 is 0 Å². The van der Waals surface area contributed by atoms with Crippen molar-refractivity contribution in [3.63, 3.8) is 0 Å². The first-order valence-electron chi connectivity index (χ1n) is 5.24. The lowest BCUT2D eigenvalue weighted by atomic mass is 10.1. The number of terminal acetylenes is 1. The molecule has 1 N–H and O–H groups in total. The SMILES string of the molecule is C#CCOc1c(CC=C)cc(CO)cc1OC. The first kappa shape index (κ1) is 13.1. The summed E-state index contributed by atoms with van der Waals surface area (Å²) in [6.07, 6.45) is 7.56. The van der Waals surface area contributed by atoms with Crippen molar-refractivity contribution in [1.82, 2.24) is 0 Å². The van der Waals surface area contributed by atoms with Gasteiger partial charge < -0.3 is 14.6 Å². The van der Waals surface area contributed by atoms with Crippen molar-refractivity contribution in [1.29, 1.82) is 0 Å². The van der Waals surface area contributed by atoms with Crippen molar-refractivity contribution in [2.75, 3.05) is 13.7 Å². The number of aliphatic hydroxyl groups is 1. The van der Waals surface area contributed by atoms with E-state index >= 15 is 0 Å². The van der Waals surface area contributed by atoms with E-state index < -0.39 is 0 Å². The maximum atomic E-state index is 9.16. The molecule has 0 aliphatic rings. The van der Waals surface area contributed by atoms with Crippen LogP contribution in [-0.2, 0) is 13.0 Å². The van der Waals surface area contributed by atoms with Crippen LogP contribution in [0.3, 0.4) is 0 Å². The van der Waals surface area contributed by atoms with Gasteiger partial charge in [-0.15, -0.1) is 13.0 Å². The predicted octanol–water partition coefficient (Wildman–Crippen LogP) is 1.93. The quantitative estimate of drug-likeness (QED) is 0.601. The van der Waals surface area contributed by atoms with Crippen LogP contribution in [0.25, 0.3) is 0 Å². The van der Waals surface area contributed by atoms with Gasteiger partial charge in [-0.3, -0.25) is 0 Å². The van der Waals surface area contributed by atoms with E-state index in [-0.39, 0.29) is 13.2 Å². The second-order valence-corrected chi connectivity index (χ2v) is 3.43. The zero-order chi connectivity index (χ0) is 12.7. The standard InChI is InChI=1S/C14H16O3/c1-4-6-12-8-11(10-15)9-13(16-3)14(12)17-7-5-2/h2,4,8-9,15H,1,6-7,10H2,3H3. The Bertz CT molecular complexity index is 430. The summed E-state index contributed by atoms with van der Waals surface area (Å²) in [5, 5.41) is 9.16. The average molecular weight is 232 g/mol. The van der Waals surface area contributed by atoms with Crippen LogP contribution in [-0.4, -0.2) is 18.8 Å². The second-order valence-electron chi connectivity index (χ2n) is 3.43. The summed E-state index contributed by atoms with van der Waals surface area (Å²) in [6.45, 7) is 3.82. The third-order valence-corrected chi connectivity index (χ3v) is 2.26. The van der Waals surface area contributed by atoms with Gasteiger partial charge in [0.1, 0.15) is 6.61 Å². The monoisotopic (exact) mass is 232 g/mol. The molecule has 0 saturated heterocycles. The number of benzene rings is 1. The summed E-state index contributed by atoms with van der Waals surface area (Å²) in [6, 6.07) is 3.59. The smallest absolute Gasteiger partial charge is 0.166 e. The zero-order valence-corrected chi connectivity index (χ0v) is 9.90. The summed E-state index contributed by atoms with van der Waals surface area (Å²) in [7, 11) is 1.55. The molecule has 1 rings (SSSR count). The van der Waals surface area contributed by atoms with Gasteiger partial charge in [-0.2, -0.15) is 0 Å². The van der Waals surface area contributed by atoms with Crippen LogP contribution in [0, 0.1) is 12.3 Å². The summed E-state index contributed by atoms with van der Waals surface area (Å²) in [5.74, 6) is 3.60. The molecule has 0 aromatic heterocycles. The van der Waals surface area contributed by atoms with Crippen molar-refractivity contribution in [2.24, 2.45) is 0 Å². The van der Waals surface area contributed by atoms with Gasteiger partial charge >= 0.3 is 0 Å². The third-order valence-electron chi connectivity index (χ3n) is 2.26. The summed E-state index contributed by atoms with van der Waals surface area (Å²) in [4.78, 5) is 0. The fraction of sp³-hybridized carbons (Fsp3) is 0.286. The van der Waals surface area contributed by atoms with Gasteiger partial charge in [0.05, 0.1) is 13.7 Å². The Labute approximate surface area is 102 Å². The lowest BCUT2D eigenvalue weighted by Crippen LogP contribution is -2.02. The molecule has 0 aliphatic carbocycles. The molecule has 0 amide bonds. The highest BCUT2D eigenvalue weighted by Gasteiger charge is 2.11. The highest BCUT2D eigenvalue weighted by Crippen LogP contribution is 2.33. The Kier molecular flexibility index (Phi) is 5.12. The predicted molar refractivity (Wildman–Crippen MR) is 67.1 cm³/mol. The molecule has 0 saturated carbocycles. The van der Waals surface area contributed by atoms with Crippen molar-refractivity contribution < 1.29 is 14.6 Å². The van der Waals surface area contributed by atoms with Gasteiger partial charge in [0.15, 0.2) is 11.5 Å². The van der Waals surface area contributed by atoms with E-state index in [1.54, 1.807) is 19.3 Å². The Balaban J connectivity index is 3.20. The largest absolute Gasteiger partial charge is 0.493 e. The van der Waals surface area contributed by atoms with Crippen LogP contribution in [0.5, 0.6) is 11.5 Å². The van der Waals surface area contributed by atoms with Crippen LogP contribution < -0.4 is 9.47 Å². The third kappa shape index (κ3) is 3.27. The van der Waals surface area contributed by atoms with Crippen molar-refractivity contribution in [3.8, 4) is 23.8 Å². The first-order chi connectivity index (χ1) is 8.26. The molecule has 0 bridgehead atoms. The van der Waals surface area contributed by atoms with E-state index in [0.717, 1.165) is 11.1 Å². The minimum atomic E-state index is -0.0457. The Hall–Kier alpha value is -1.92. The fourth-order valence-electron chi connectivity index (χ4n) is 1.55. The van der Waals surface area contributed by atoms with E-state index in [1.165, 1.54) is 0 Å². The molecule has 0 spiro atoms. The molecule has 3 heteroatoms. The summed E-state index contributed by atoms with van der Waals surface area (Å²) in [5.41, 5.74) is 1.67. The average Bonchev–Trinajstić information content (AvgIpc) is 2.36. The number of rotatable bonds is 6. The Morgan fingerprint density at radius 2 is 2.29 bits per heavy atom. The van der Waals surface area contributed by atoms with E-state index in [0.29, 0.717) is 17.9 Å². The highest BCUT2D eigenvalue weighted by molar-refractivity contribution is 5.50. The van der Waals surface area contributed by atoms with Gasteiger partial charge in [-0.25, -0.2) is 0 Å². The zero-order valence-electron chi connectivity index (χ0n) is 9.90. The van der Waals surface area contributed by atoms with Gasteiger partial charge in [-0.05, 0) is 24.1 Å². The molecule has 1 aromatic carbocycles. The second kappa shape index (κ2) is 6.62. The number of ether oxygens (including phenoxy) is 2. The molecule has 0 aliphatic heterocycles. The lowest BCUT2D eigenvalue weighted by Gasteiger charge is -2.14. The molecule has 0 atom stereocenters. The molecule has 3 nitrogen and oxygen atoms in total. The number of hydrogen-bond acceptors (Lipinski definition) is 3. The minimum absolute atomic E-state index is 0.0457. The van der Waals surface area contributed by atoms with Crippen LogP contribution >= 0.6 is 0 Å². The molecule has 17 heavy (non-hydrogen) atoms. The van der Waals surface area contributed by atoms with Crippen LogP contribution in [0.15, 0.2) is 24.8 Å². The topological polar surface area (TPSA) is 38.7 Å². The molecule has 0 radical (unpaired) electrons. The van der Waals surface area contributed by atoms with Crippen molar-refractivity contribution in [2.45, 2.75) is 13.0 Å². The lowest BCUT2D eigenvalue weighted by molar-refractivity contribution is 0.279. The number of allylic oxidation sites excluding steroid dienone is 1. The number of methoxy groups -OCH3 is 1. The van der Waals surface area contributed by atoms with Gasteiger partial charge in [0.25, 0.3) is 0 Å². The van der Waals surface area contributed by atoms with E-state index in [4.69, 9.17) is 21.0 Å². The number of hydrogen-bond donors (Lipinski definition) is 1. The van der Waals surface area contributed by atoms with Crippen LogP contribution in [0.4, 0.5) is 0 Å². The highest BCUT2D eigenvalue weighted by atomic mass is 16.5. The molecule has 0 unspecified atom stereocenters. The summed E-state index contributed by atoms with van der Waals surface area (Å²) < 4.78 is 10.7. The number of aliphatic hydroxyl groups excluding tert-OH is 1. The maximum Gasteiger partial charge on any atom is 0.166 e. The Morgan fingerprint density at radius 1 is 1.53 bits per heavy atom. The first-order valence-corrected chi connectivity index (χ1v) is 5.24. The van der Waals surface area contributed by atoms with E-state index in [1.807, 2.05) is 6.07 Å². The van der Waals surface area contributed by atoms with Crippen LogP contribution in [0.1, 0.15) is 11.1 Å². The molecule has 90 valence electrons. The van der Waals surface area contributed by atoms with Gasteiger partial charge in [0, 0.05) is 5.56 Å². The van der Waals surface area contributed by atoms with E-state index in [2.05, 4.69) is 12.5 Å². The molecule has 0 heterocycles. The van der Waals surface area contributed by atoms with Crippen LogP contribution in [0.2, 0.25) is 0 Å².